The summed E-state index contributed by atoms with van der Waals surface area (Å²) in [5, 5.41) is -0.138. The summed E-state index contributed by atoms with van der Waals surface area (Å²) in [7, 11) is -3.93. The first-order chi connectivity index (χ1) is 11.5. The number of nitrogens with zero attached hydrogens (tertiary/aromatic N) is 3. The van der Waals surface area contributed by atoms with E-state index in [9.17, 15) is 18.0 Å². The predicted molar refractivity (Wildman–Crippen MR) is 84.2 cm³/mol. The Balaban J connectivity index is 1.69. The van der Waals surface area contributed by atoms with Crippen molar-refractivity contribution < 1.29 is 18.0 Å². The van der Waals surface area contributed by atoms with Crippen LogP contribution in [0.25, 0.3) is 0 Å². The van der Waals surface area contributed by atoms with Crippen LogP contribution in [0.4, 0.5) is 0 Å². The fourth-order valence-corrected chi connectivity index (χ4v) is 3.73. The molecule has 0 atom stereocenters. The number of hydrogen-bond acceptors (Lipinski definition) is 5. The molecule has 0 bridgehead atoms. The highest BCUT2D eigenvalue weighted by Gasteiger charge is 2.38. The Kier molecular flexibility index (Phi) is 4.45. The molecule has 3 rings (SSSR count). The van der Waals surface area contributed by atoms with E-state index in [2.05, 4.69) is 9.97 Å². The number of carbonyl (C=O) groups is 2. The van der Waals surface area contributed by atoms with Crippen LogP contribution in [0.2, 0.25) is 0 Å². The molecule has 0 aliphatic carbocycles. The highest BCUT2D eigenvalue weighted by Crippen LogP contribution is 2.16. The zero-order chi connectivity index (χ0) is 17.2. The molecule has 0 unspecified atom stereocenters. The van der Waals surface area contributed by atoms with Gasteiger partial charge in [-0.3, -0.25) is 14.5 Å². The fraction of sp³-hybridized carbons (Fsp3) is 0.267. The summed E-state index contributed by atoms with van der Waals surface area (Å²) in [6.07, 6.45) is 2.91. The molecule has 1 fully saturated rings. The number of piperazine rings is 1. The average Bonchev–Trinajstić information content (AvgIpc) is 3.10. The summed E-state index contributed by atoms with van der Waals surface area (Å²) in [5.41, 5.74) is 1.01. The van der Waals surface area contributed by atoms with E-state index in [1.54, 1.807) is 0 Å². The lowest BCUT2D eigenvalue weighted by Crippen LogP contribution is -2.55. The second kappa shape index (κ2) is 6.54. The molecule has 1 N–H and O–H groups in total. The summed E-state index contributed by atoms with van der Waals surface area (Å²) in [6, 6.07) is 9.47. The van der Waals surface area contributed by atoms with Crippen LogP contribution in [0.5, 0.6) is 0 Å². The largest absolute Gasteiger partial charge is 0.335 e. The molecule has 1 saturated heterocycles. The van der Waals surface area contributed by atoms with Crippen LogP contribution in [0.15, 0.2) is 47.9 Å². The van der Waals surface area contributed by atoms with Crippen molar-refractivity contribution in [2.24, 2.45) is 0 Å². The quantitative estimate of drug-likeness (QED) is 0.767. The van der Waals surface area contributed by atoms with Gasteiger partial charge in [-0.25, -0.2) is 13.4 Å². The Hall–Kier alpha value is -2.52. The number of H-pyrrole nitrogens is 1. The molecule has 24 heavy (non-hydrogen) atoms. The first kappa shape index (κ1) is 16.3. The molecular formula is C15H16N4O4S. The van der Waals surface area contributed by atoms with Crippen molar-refractivity contribution in [3.8, 4) is 0 Å². The normalized spacial score (nSPS) is 16.6. The SMILES string of the molecule is O=C1CN(S(=O)(=O)c2cnc[nH]2)CC(=O)N1CCc1ccccc1. The van der Waals surface area contributed by atoms with Crippen molar-refractivity contribution in [2.75, 3.05) is 19.6 Å². The maximum absolute atomic E-state index is 12.4. The van der Waals surface area contributed by atoms with Gasteiger partial charge < -0.3 is 4.98 Å². The number of hydrogen-bond donors (Lipinski definition) is 1. The van der Waals surface area contributed by atoms with Crippen molar-refractivity contribution in [3.63, 3.8) is 0 Å². The minimum absolute atomic E-state index is 0.138. The van der Waals surface area contributed by atoms with Gasteiger partial charge in [0.05, 0.1) is 25.6 Å². The number of imidazole rings is 1. The minimum Gasteiger partial charge on any atom is -0.335 e. The zero-order valence-electron chi connectivity index (χ0n) is 12.8. The number of carbonyl (C=O) groups excluding carboxylic acids is 2. The Labute approximate surface area is 139 Å². The smallest absolute Gasteiger partial charge is 0.261 e. The molecule has 126 valence electrons. The van der Waals surface area contributed by atoms with E-state index in [1.165, 1.54) is 6.33 Å². The zero-order valence-corrected chi connectivity index (χ0v) is 13.6. The van der Waals surface area contributed by atoms with Gasteiger partial charge in [-0.2, -0.15) is 4.31 Å². The Bertz CT molecular complexity index is 816. The molecular weight excluding hydrogens is 332 g/mol. The third-order valence-electron chi connectivity index (χ3n) is 3.78. The number of aromatic nitrogens is 2. The number of sulfonamides is 1. The molecule has 1 aliphatic heterocycles. The van der Waals surface area contributed by atoms with Crippen molar-refractivity contribution in [1.82, 2.24) is 19.2 Å². The molecule has 2 amide bonds. The van der Waals surface area contributed by atoms with Gasteiger partial charge in [-0.15, -0.1) is 0 Å². The Morgan fingerprint density at radius 3 is 2.33 bits per heavy atom. The van der Waals surface area contributed by atoms with Gasteiger partial charge in [0.25, 0.3) is 10.0 Å². The van der Waals surface area contributed by atoms with E-state index >= 15 is 0 Å². The Morgan fingerprint density at radius 2 is 1.75 bits per heavy atom. The third kappa shape index (κ3) is 3.22. The van der Waals surface area contributed by atoms with E-state index in [4.69, 9.17) is 0 Å². The van der Waals surface area contributed by atoms with Crippen molar-refractivity contribution >= 4 is 21.8 Å². The summed E-state index contributed by atoms with van der Waals surface area (Å²) < 4.78 is 25.6. The topological polar surface area (TPSA) is 103 Å². The molecule has 1 aromatic heterocycles. The molecule has 1 aliphatic rings. The molecule has 0 saturated carbocycles. The molecule has 2 heterocycles. The lowest BCUT2D eigenvalue weighted by Gasteiger charge is -2.31. The van der Waals surface area contributed by atoms with Gasteiger partial charge in [0.1, 0.15) is 0 Å². The summed E-state index contributed by atoms with van der Waals surface area (Å²) in [4.78, 5) is 31.7. The summed E-state index contributed by atoms with van der Waals surface area (Å²) >= 11 is 0. The number of amides is 2. The Morgan fingerprint density at radius 1 is 1.08 bits per heavy atom. The number of aromatic amines is 1. The van der Waals surface area contributed by atoms with Gasteiger partial charge in [-0.1, -0.05) is 30.3 Å². The maximum Gasteiger partial charge on any atom is 0.261 e. The lowest BCUT2D eigenvalue weighted by molar-refractivity contribution is -0.149. The van der Waals surface area contributed by atoms with Gasteiger partial charge >= 0.3 is 0 Å². The van der Waals surface area contributed by atoms with Gasteiger partial charge in [0.15, 0.2) is 5.03 Å². The van der Waals surface area contributed by atoms with E-state index in [1.807, 2.05) is 30.3 Å². The second-order valence-electron chi connectivity index (χ2n) is 5.36. The summed E-state index contributed by atoms with van der Waals surface area (Å²) in [6.45, 7) is -0.483. The van der Waals surface area contributed by atoms with Crippen LogP contribution in [-0.4, -0.2) is 59.0 Å². The molecule has 1 aromatic carbocycles. The predicted octanol–water partition coefficient (Wildman–Crippen LogP) is 0.0119. The first-order valence-corrected chi connectivity index (χ1v) is 8.78. The fourth-order valence-electron chi connectivity index (χ4n) is 2.50. The van der Waals surface area contributed by atoms with Crippen LogP contribution in [-0.2, 0) is 26.0 Å². The van der Waals surface area contributed by atoms with Gasteiger partial charge in [0, 0.05) is 6.54 Å². The van der Waals surface area contributed by atoms with Crippen LogP contribution < -0.4 is 0 Å². The van der Waals surface area contributed by atoms with E-state index in [0.717, 1.165) is 21.0 Å². The van der Waals surface area contributed by atoms with Crippen LogP contribution in [0.1, 0.15) is 5.56 Å². The number of nitrogens with one attached hydrogen (secondary N) is 1. The van der Waals surface area contributed by atoms with E-state index in [0.29, 0.717) is 6.42 Å². The maximum atomic E-state index is 12.4. The number of benzene rings is 1. The monoisotopic (exact) mass is 348 g/mol. The minimum atomic E-state index is -3.93. The third-order valence-corrected chi connectivity index (χ3v) is 5.50. The van der Waals surface area contributed by atoms with Gasteiger partial charge in [-0.05, 0) is 12.0 Å². The van der Waals surface area contributed by atoms with Crippen LogP contribution in [0, 0.1) is 0 Å². The summed E-state index contributed by atoms with van der Waals surface area (Å²) in [5.74, 6) is -1.05. The van der Waals surface area contributed by atoms with E-state index < -0.39 is 21.8 Å². The van der Waals surface area contributed by atoms with E-state index in [-0.39, 0.29) is 24.7 Å². The molecule has 2 aromatic rings. The lowest BCUT2D eigenvalue weighted by atomic mass is 10.1. The van der Waals surface area contributed by atoms with Crippen LogP contribution in [0.3, 0.4) is 0 Å². The van der Waals surface area contributed by atoms with Crippen molar-refractivity contribution in [2.45, 2.75) is 11.4 Å². The highest BCUT2D eigenvalue weighted by molar-refractivity contribution is 7.89. The number of rotatable bonds is 5. The highest BCUT2D eigenvalue weighted by atomic mass is 32.2. The number of imide groups is 1. The molecule has 9 heteroatoms. The second-order valence-corrected chi connectivity index (χ2v) is 7.27. The molecule has 8 nitrogen and oxygen atoms in total. The first-order valence-electron chi connectivity index (χ1n) is 7.34. The van der Waals surface area contributed by atoms with Gasteiger partial charge in [0.2, 0.25) is 11.8 Å². The van der Waals surface area contributed by atoms with Crippen molar-refractivity contribution in [1.29, 1.82) is 0 Å². The van der Waals surface area contributed by atoms with Crippen LogP contribution >= 0.6 is 0 Å². The molecule has 0 radical (unpaired) electrons. The standard InChI is InChI=1S/C15H16N4O4S/c20-14-9-18(24(22,23)13-8-16-11-17-13)10-15(21)19(14)7-6-12-4-2-1-3-5-12/h1-5,8,11H,6-7,9-10H2,(H,16,17). The van der Waals surface area contributed by atoms with Crippen molar-refractivity contribution in [3.05, 3.63) is 48.4 Å². The molecule has 0 spiro atoms. The average molecular weight is 348 g/mol.